The van der Waals surface area contributed by atoms with Gasteiger partial charge in [-0.2, -0.15) is 13.2 Å². The largest absolute Gasteiger partial charge is 0.460 e. The lowest BCUT2D eigenvalue weighted by atomic mass is 9.82. The van der Waals surface area contributed by atoms with E-state index in [-0.39, 0.29) is 0 Å². The van der Waals surface area contributed by atoms with E-state index in [4.69, 9.17) is 9.47 Å². The highest BCUT2D eigenvalue weighted by atomic mass is 19.4. The summed E-state index contributed by atoms with van der Waals surface area (Å²) in [6.45, 7) is 4.87. The van der Waals surface area contributed by atoms with Crippen LogP contribution in [0.3, 0.4) is 0 Å². The van der Waals surface area contributed by atoms with Gasteiger partial charge >= 0.3 is 12.1 Å². The number of esters is 1. The highest BCUT2D eigenvalue weighted by Gasteiger charge is 2.61. The Morgan fingerprint density at radius 2 is 1.72 bits per heavy atom. The molecule has 0 aromatic heterocycles. The lowest BCUT2D eigenvalue weighted by molar-refractivity contribution is -0.201. The third kappa shape index (κ3) is 2.39. The number of hydrogen-bond acceptors (Lipinski definition) is 3. The molecule has 0 saturated carbocycles. The molecule has 0 aromatic carbocycles. The molecule has 0 amide bonds. The molecule has 18 heavy (non-hydrogen) atoms. The molecule has 6 heteroatoms. The molecule has 0 N–H and O–H groups in total. The fraction of sp³-hybridized carbons (Fsp3) is 0.750. The van der Waals surface area contributed by atoms with E-state index in [2.05, 4.69) is 0 Å². The Kier molecular flexibility index (Phi) is 2.96. The van der Waals surface area contributed by atoms with Gasteiger partial charge < -0.3 is 9.47 Å². The fourth-order valence-corrected chi connectivity index (χ4v) is 2.35. The second-order valence-corrected chi connectivity index (χ2v) is 5.58. The molecule has 0 spiro atoms. The molecule has 2 bridgehead atoms. The van der Waals surface area contributed by atoms with Crippen molar-refractivity contribution in [1.29, 1.82) is 0 Å². The third-order valence-electron chi connectivity index (χ3n) is 2.96. The molecule has 2 aliphatic rings. The zero-order valence-electron chi connectivity index (χ0n) is 10.3. The lowest BCUT2D eigenvalue weighted by Gasteiger charge is -2.28. The second kappa shape index (κ2) is 3.98. The minimum atomic E-state index is -4.47. The smallest absolute Gasteiger partial charge is 0.395 e. The minimum Gasteiger partial charge on any atom is -0.460 e. The van der Waals surface area contributed by atoms with E-state index < -0.39 is 41.8 Å². The normalized spacial score (nSPS) is 35.0. The van der Waals surface area contributed by atoms with Crippen molar-refractivity contribution in [2.24, 2.45) is 11.8 Å². The molecule has 102 valence electrons. The maximum Gasteiger partial charge on any atom is 0.395 e. The van der Waals surface area contributed by atoms with Crippen molar-refractivity contribution in [3.63, 3.8) is 0 Å². The van der Waals surface area contributed by atoms with E-state index in [1.165, 1.54) is 12.2 Å². The van der Waals surface area contributed by atoms with Crippen LogP contribution < -0.4 is 0 Å². The number of halogens is 3. The van der Waals surface area contributed by atoms with Gasteiger partial charge in [0.05, 0.1) is 12.2 Å². The van der Waals surface area contributed by atoms with Gasteiger partial charge in [-0.3, -0.25) is 4.79 Å². The Morgan fingerprint density at radius 1 is 1.17 bits per heavy atom. The zero-order valence-corrected chi connectivity index (χ0v) is 10.3. The maximum absolute atomic E-state index is 12.9. The highest BCUT2D eigenvalue weighted by molar-refractivity contribution is 5.75. The van der Waals surface area contributed by atoms with Crippen LogP contribution in [0.15, 0.2) is 12.2 Å². The Morgan fingerprint density at radius 3 is 2.22 bits per heavy atom. The van der Waals surface area contributed by atoms with E-state index in [1.807, 2.05) is 0 Å². The van der Waals surface area contributed by atoms with E-state index >= 15 is 0 Å². The summed E-state index contributed by atoms with van der Waals surface area (Å²) < 4.78 is 49.0. The minimum absolute atomic E-state index is 0.807. The first-order valence-corrected chi connectivity index (χ1v) is 5.73. The third-order valence-corrected chi connectivity index (χ3v) is 2.96. The standard InChI is InChI=1S/C12H15F3O3/c1-11(2,3)18-10(16)8-6-4-5-7(17-6)9(8)12(13,14)15/h4-9H,1-3H3/t6-,7+,8-,9+/m0/s1. The maximum atomic E-state index is 12.9. The van der Waals surface area contributed by atoms with Gasteiger partial charge in [-0.25, -0.2) is 0 Å². The van der Waals surface area contributed by atoms with Crippen LogP contribution in [0.5, 0.6) is 0 Å². The summed E-state index contributed by atoms with van der Waals surface area (Å²) in [5.41, 5.74) is -0.807. The highest BCUT2D eigenvalue weighted by Crippen LogP contribution is 2.48. The summed E-state index contributed by atoms with van der Waals surface area (Å²) in [4.78, 5) is 11.9. The van der Waals surface area contributed by atoms with Crippen molar-refractivity contribution in [2.75, 3.05) is 0 Å². The number of alkyl halides is 3. The summed E-state index contributed by atoms with van der Waals surface area (Å²) >= 11 is 0. The molecule has 3 nitrogen and oxygen atoms in total. The molecule has 0 unspecified atom stereocenters. The van der Waals surface area contributed by atoms with Crippen LogP contribution in [0.25, 0.3) is 0 Å². The van der Waals surface area contributed by atoms with Crippen LogP contribution in [-0.2, 0) is 14.3 Å². The van der Waals surface area contributed by atoms with Crippen LogP contribution >= 0.6 is 0 Å². The fourth-order valence-electron chi connectivity index (χ4n) is 2.35. The SMILES string of the molecule is CC(C)(C)OC(=O)[C@@H]1[C@H](C(F)(F)F)[C@H]2C=C[C@@H]1O2. The van der Waals surface area contributed by atoms with Crippen molar-refractivity contribution >= 4 is 5.97 Å². The lowest BCUT2D eigenvalue weighted by Crippen LogP contribution is -2.43. The Labute approximate surface area is 103 Å². The monoisotopic (exact) mass is 264 g/mol. The average Bonchev–Trinajstić information content (AvgIpc) is 2.71. The summed E-state index contributed by atoms with van der Waals surface area (Å²) in [5.74, 6) is -3.94. The first kappa shape index (κ1) is 13.4. The molecule has 4 atom stereocenters. The van der Waals surface area contributed by atoms with Crippen molar-refractivity contribution in [1.82, 2.24) is 0 Å². The van der Waals surface area contributed by atoms with Crippen molar-refractivity contribution in [3.05, 3.63) is 12.2 Å². The van der Waals surface area contributed by atoms with Crippen LogP contribution in [0.2, 0.25) is 0 Å². The first-order chi connectivity index (χ1) is 8.09. The summed E-state index contributed by atoms with van der Waals surface area (Å²) in [6.07, 6.45) is -3.49. The Hall–Kier alpha value is -1.04. The predicted octanol–water partition coefficient (Wildman–Crippen LogP) is 2.46. The van der Waals surface area contributed by atoms with Gasteiger partial charge in [0.25, 0.3) is 0 Å². The van der Waals surface area contributed by atoms with Gasteiger partial charge in [-0.15, -0.1) is 0 Å². The van der Waals surface area contributed by atoms with Gasteiger partial charge in [0.15, 0.2) is 0 Å². The van der Waals surface area contributed by atoms with Crippen LogP contribution in [-0.4, -0.2) is 30.0 Å². The molecular formula is C12H15F3O3. The van der Waals surface area contributed by atoms with Crippen molar-refractivity contribution in [3.8, 4) is 0 Å². The molecule has 2 rings (SSSR count). The van der Waals surface area contributed by atoms with E-state index in [1.54, 1.807) is 20.8 Å². The van der Waals surface area contributed by atoms with E-state index in [9.17, 15) is 18.0 Å². The number of hydrogen-bond donors (Lipinski definition) is 0. The quantitative estimate of drug-likeness (QED) is 0.539. The summed E-state index contributed by atoms with van der Waals surface area (Å²) in [5, 5.41) is 0. The van der Waals surface area contributed by atoms with Crippen LogP contribution in [0.4, 0.5) is 13.2 Å². The topological polar surface area (TPSA) is 35.5 Å². The number of rotatable bonds is 1. The number of ether oxygens (including phenoxy) is 2. The molecule has 1 saturated heterocycles. The van der Waals surface area contributed by atoms with E-state index in [0.29, 0.717) is 0 Å². The summed E-state index contributed by atoms with van der Waals surface area (Å²) in [6, 6.07) is 0. The average molecular weight is 264 g/mol. The molecule has 1 fully saturated rings. The van der Waals surface area contributed by atoms with Gasteiger partial charge in [0.2, 0.25) is 0 Å². The molecule has 2 heterocycles. The second-order valence-electron chi connectivity index (χ2n) is 5.58. The van der Waals surface area contributed by atoms with Gasteiger partial charge in [0.1, 0.15) is 17.4 Å². The zero-order chi connectivity index (χ0) is 13.7. The molecule has 0 radical (unpaired) electrons. The summed E-state index contributed by atoms with van der Waals surface area (Å²) in [7, 11) is 0. The Balaban J connectivity index is 2.21. The van der Waals surface area contributed by atoms with Gasteiger partial charge in [-0.1, -0.05) is 12.2 Å². The molecule has 2 aliphatic heterocycles. The van der Waals surface area contributed by atoms with Crippen LogP contribution in [0, 0.1) is 11.8 Å². The van der Waals surface area contributed by atoms with Gasteiger partial charge in [0, 0.05) is 0 Å². The Bertz CT molecular complexity index is 381. The molecule has 0 aromatic rings. The van der Waals surface area contributed by atoms with E-state index in [0.717, 1.165) is 0 Å². The van der Waals surface area contributed by atoms with Crippen LogP contribution in [0.1, 0.15) is 20.8 Å². The van der Waals surface area contributed by atoms with Crippen molar-refractivity contribution < 1.29 is 27.4 Å². The number of carbonyl (C=O) groups excluding carboxylic acids is 1. The van der Waals surface area contributed by atoms with Crippen molar-refractivity contribution in [2.45, 2.75) is 44.8 Å². The number of carbonyl (C=O) groups is 1. The predicted molar refractivity (Wildman–Crippen MR) is 56.7 cm³/mol. The molecule has 0 aliphatic carbocycles. The number of fused-ring (bicyclic) bond motifs is 2. The molecular weight excluding hydrogens is 249 g/mol. The van der Waals surface area contributed by atoms with Gasteiger partial charge in [-0.05, 0) is 20.8 Å². The first-order valence-electron chi connectivity index (χ1n) is 5.73.